The third-order valence-corrected chi connectivity index (χ3v) is 6.23. The van der Waals surface area contributed by atoms with Gasteiger partial charge in [0.1, 0.15) is 0 Å². The maximum absolute atomic E-state index is 12.0. The summed E-state index contributed by atoms with van der Waals surface area (Å²) >= 11 is 13.3. The summed E-state index contributed by atoms with van der Waals surface area (Å²) in [6.45, 7) is 2.55. The Kier molecular flexibility index (Phi) is 8.17. The van der Waals surface area contributed by atoms with Crippen molar-refractivity contribution in [3.8, 4) is 0 Å². The lowest BCUT2D eigenvalue weighted by molar-refractivity contribution is -0.120. The fraction of sp³-hybridized carbons (Fsp3) is 0.500. The smallest absolute Gasteiger partial charge is 0.233 e. The predicted molar refractivity (Wildman–Crippen MR) is 96.9 cm³/mol. The Labute approximate surface area is 151 Å². The molecule has 0 saturated heterocycles. The molecular formula is C14H20Cl2N2O3S2. The molecule has 1 aromatic rings. The van der Waals surface area contributed by atoms with E-state index in [-0.39, 0.29) is 11.2 Å². The highest BCUT2D eigenvalue weighted by Gasteiger charge is 2.16. The van der Waals surface area contributed by atoms with Gasteiger partial charge in [-0.2, -0.15) is 0 Å². The van der Waals surface area contributed by atoms with E-state index >= 15 is 0 Å². The summed E-state index contributed by atoms with van der Waals surface area (Å²) in [4.78, 5) is 12.8. The molecule has 0 radical (unpaired) electrons. The molecule has 0 aliphatic rings. The van der Waals surface area contributed by atoms with Gasteiger partial charge in [0.05, 0.1) is 16.5 Å². The topological polar surface area (TPSA) is 66.5 Å². The maximum atomic E-state index is 12.0. The van der Waals surface area contributed by atoms with E-state index in [9.17, 15) is 13.2 Å². The van der Waals surface area contributed by atoms with Gasteiger partial charge in [0.2, 0.25) is 15.9 Å². The molecule has 1 atom stereocenters. The minimum absolute atomic E-state index is 0.131. The number of rotatable bonds is 8. The molecular weight excluding hydrogens is 379 g/mol. The fourth-order valence-corrected chi connectivity index (χ4v) is 3.53. The summed E-state index contributed by atoms with van der Waals surface area (Å²) in [7, 11) is -1.67. The van der Waals surface area contributed by atoms with Crippen molar-refractivity contribution < 1.29 is 13.2 Å². The van der Waals surface area contributed by atoms with Crippen LogP contribution in [0.2, 0.25) is 10.0 Å². The van der Waals surface area contributed by atoms with Gasteiger partial charge >= 0.3 is 0 Å². The lowest BCUT2D eigenvalue weighted by Gasteiger charge is -2.15. The molecule has 0 unspecified atom stereocenters. The van der Waals surface area contributed by atoms with Crippen molar-refractivity contribution in [3.63, 3.8) is 0 Å². The number of nitrogens with zero attached hydrogens (tertiary/aromatic N) is 1. The van der Waals surface area contributed by atoms with Gasteiger partial charge in [-0.15, -0.1) is 11.8 Å². The van der Waals surface area contributed by atoms with E-state index in [2.05, 4.69) is 5.32 Å². The van der Waals surface area contributed by atoms with Crippen LogP contribution in [-0.2, 0) is 14.8 Å². The highest BCUT2D eigenvalue weighted by molar-refractivity contribution is 8.00. The van der Waals surface area contributed by atoms with Gasteiger partial charge in [-0.05, 0) is 31.5 Å². The number of hydrogen-bond donors (Lipinski definition) is 1. The van der Waals surface area contributed by atoms with Crippen molar-refractivity contribution in [2.75, 3.05) is 26.4 Å². The van der Waals surface area contributed by atoms with Crippen LogP contribution < -0.4 is 5.32 Å². The van der Waals surface area contributed by atoms with Crippen molar-refractivity contribution in [2.45, 2.75) is 23.5 Å². The van der Waals surface area contributed by atoms with Crippen LogP contribution in [-0.4, -0.2) is 50.3 Å². The van der Waals surface area contributed by atoms with Gasteiger partial charge in [-0.25, -0.2) is 12.7 Å². The molecule has 1 aromatic carbocycles. The van der Waals surface area contributed by atoms with Crippen LogP contribution >= 0.6 is 35.0 Å². The molecule has 0 aliphatic heterocycles. The number of hydrogen-bond acceptors (Lipinski definition) is 4. The largest absolute Gasteiger partial charge is 0.355 e. The molecule has 1 N–H and O–H groups in total. The van der Waals surface area contributed by atoms with Crippen LogP contribution in [0.3, 0.4) is 0 Å². The Morgan fingerprint density at radius 2 is 2.04 bits per heavy atom. The van der Waals surface area contributed by atoms with Crippen LogP contribution in [0.15, 0.2) is 23.1 Å². The van der Waals surface area contributed by atoms with Crippen molar-refractivity contribution in [3.05, 3.63) is 28.2 Å². The Bertz CT molecular complexity index is 653. The SMILES string of the molecule is C[C@@H](Sc1cc(Cl)ccc1Cl)C(=O)NCCCN(C)S(C)(=O)=O. The Morgan fingerprint density at radius 1 is 1.39 bits per heavy atom. The van der Waals surface area contributed by atoms with E-state index in [1.165, 1.54) is 23.1 Å². The Morgan fingerprint density at radius 3 is 2.65 bits per heavy atom. The molecule has 0 saturated carbocycles. The van der Waals surface area contributed by atoms with Crippen LogP contribution in [0.4, 0.5) is 0 Å². The van der Waals surface area contributed by atoms with E-state index in [1.807, 2.05) is 0 Å². The first kappa shape index (κ1) is 20.6. The van der Waals surface area contributed by atoms with Crippen LogP contribution in [0, 0.1) is 0 Å². The number of carbonyl (C=O) groups excluding carboxylic acids is 1. The molecule has 9 heteroatoms. The summed E-state index contributed by atoms with van der Waals surface area (Å²) in [5, 5.41) is 3.56. The molecule has 0 fully saturated rings. The van der Waals surface area contributed by atoms with Gasteiger partial charge in [-0.1, -0.05) is 23.2 Å². The summed E-state index contributed by atoms with van der Waals surface area (Å²) in [5.74, 6) is -0.131. The second-order valence-electron chi connectivity index (χ2n) is 5.06. The summed E-state index contributed by atoms with van der Waals surface area (Å²) in [5.41, 5.74) is 0. The zero-order valence-electron chi connectivity index (χ0n) is 13.2. The molecule has 130 valence electrons. The first-order chi connectivity index (χ1) is 10.6. The lowest BCUT2D eigenvalue weighted by Crippen LogP contribution is -2.34. The molecule has 5 nitrogen and oxygen atoms in total. The van der Waals surface area contributed by atoms with E-state index in [0.717, 1.165) is 11.2 Å². The molecule has 0 spiro atoms. The van der Waals surface area contributed by atoms with E-state index in [0.29, 0.717) is 29.6 Å². The minimum Gasteiger partial charge on any atom is -0.355 e. The molecule has 0 heterocycles. The van der Waals surface area contributed by atoms with Crippen molar-refractivity contribution >= 4 is 50.9 Å². The molecule has 1 amide bonds. The third kappa shape index (κ3) is 7.30. The zero-order chi connectivity index (χ0) is 17.6. The average molecular weight is 399 g/mol. The number of carbonyl (C=O) groups is 1. The number of nitrogens with one attached hydrogen (secondary N) is 1. The monoisotopic (exact) mass is 398 g/mol. The third-order valence-electron chi connectivity index (χ3n) is 3.08. The molecule has 0 aromatic heterocycles. The number of benzene rings is 1. The average Bonchev–Trinajstić information content (AvgIpc) is 2.45. The van der Waals surface area contributed by atoms with Gasteiger partial charge in [0.15, 0.2) is 0 Å². The summed E-state index contributed by atoms with van der Waals surface area (Å²) in [6.07, 6.45) is 1.70. The number of halogens is 2. The number of thioether (sulfide) groups is 1. The van der Waals surface area contributed by atoms with Crippen LogP contribution in [0.5, 0.6) is 0 Å². The quantitative estimate of drug-likeness (QED) is 0.539. The van der Waals surface area contributed by atoms with Gasteiger partial charge in [-0.3, -0.25) is 4.79 Å². The van der Waals surface area contributed by atoms with Gasteiger partial charge < -0.3 is 5.32 Å². The second-order valence-corrected chi connectivity index (χ2v) is 9.38. The molecule has 23 heavy (non-hydrogen) atoms. The number of amides is 1. The number of sulfonamides is 1. The summed E-state index contributed by atoms with van der Waals surface area (Å²) < 4.78 is 23.7. The van der Waals surface area contributed by atoms with Gasteiger partial charge in [0.25, 0.3) is 0 Å². The van der Waals surface area contributed by atoms with Crippen molar-refractivity contribution in [2.24, 2.45) is 0 Å². The van der Waals surface area contributed by atoms with Gasteiger partial charge in [0, 0.05) is 30.1 Å². The molecule has 1 rings (SSSR count). The first-order valence-corrected chi connectivity index (χ1v) is 10.4. The summed E-state index contributed by atoms with van der Waals surface area (Å²) in [6, 6.07) is 5.11. The maximum Gasteiger partial charge on any atom is 0.233 e. The zero-order valence-corrected chi connectivity index (χ0v) is 16.3. The van der Waals surface area contributed by atoms with Crippen LogP contribution in [0.25, 0.3) is 0 Å². The lowest BCUT2D eigenvalue weighted by atomic mass is 10.4. The van der Waals surface area contributed by atoms with Crippen LogP contribution in [0.1, 0.15) is 13.3 Å². The second kappa shape index (κ2) is 9.13. The van der Waals surface area contributed by atoms with E-state index < -0.39 is 10.0 Å². The van der Waals surface area contributed by atoms with Crippen molar-refractivity contribution in [1.82, 2.24) is 9.62 Å². The minimum atomic E-state index is -3.18. The highest BCUT2D eigenvalue weighted by Crippen LogP contribution is 2.32. The standard InChI is InChI=1S/C14H20Cl2N2O3S2/c1-10(22-13-9-11(15)5-6-12(13)16)14(19)17-7-4-8-18(2)23(3,20)21/h5-6,9-10H,4,7-8H2,1-3H3,(H,17,19)/t10-/m1/s1. The fourth-order valence-electron chi connectivity index (χ4n) is 1.63. The van der Waals surface area contributed by atoms with Crippen molar-refractivity contribution in [1.29, 1.82) is 0 Å². The predicted octanol–water partition coefficient (Wildman–Crippen LogP) is 2.87. The normalized spacial score (nSPS) is 13.1. The first-order valence-electron chi connectivity index (χ1n) is 6.92. The Balaban J connectivity index is 2.41. The highest BCUT2D eigenvalue weighted by atomic mass is 35.5. The molecule has 0 bridgehead atoms. The van der Waals surface area contributed by atoms with E-state index in [1.54, 1.807) is 25.1 Å². The Hall–Kier alpha value is -0.470. The molecule has 0 aliphatic carbocycles. The van der Waals surface area contributed by atoms with E-state index in [4.69, 9.17) is 23.2 Å².